The molecule has 0 saturated carbocycles. The number of methoxy groups -OCH3 is 1. The molecule has 2 rings (SSSR count). The Morgan fingerprint density at radius 3 is 2.54 bits per heavy atom. The van der Waals surface area contributed by atoms with Gasteiger partial charge in [-0.1, -0.05) is 0 Å². The number of nitro benzene ring substituents is 1. The molecule has 1 heterocycles. The molecule has 0 aliphatic rings. The van der Waals surface area contributed by atoms with Crippen LogP contribution in [0.1, 0.15) is 26.3 Å². The Bertz CT molecular complexity index is 882. The van der Waals surface area contributed by atoms with Gasteiger partial charge in [0.2, 0.25) is 5.88 Å². The number of pyridine rings is 1. The molecule has 1 aromatic carbocycles. The molecule has 0 amide bonds. The Kier molecular flexibility index (Phi) is 5.19. The van der Waals surface area contributed by atoms with Crippen LogP contribution in [0.4, 0.5) is 18.9 Å². The number of hydrogen-bond donors (Lipinski definition) is 0. The van der Waals surface area contributed by atoms with Crippen LogP contribution in [-0.2, 0) is 10.9 Å². The minimum atomic E-state index is -4.87. The lowest BCUT2D eigenvalue weighted by atomic mass is 10.1. The average molecular weight is 370 g/mol. The van der Waals surface area contributed by atoms with Gasteiger partial charge in [0.25, 0.3) is 5.69 Å². The van der Waals surface area contributed by atoms with E-state index in [9.17, 15) is 32.9 Å². The van der Waals surface area contributed by atoms with Gasteiger partial charge >= 0.3 is 12.1 Å². The van der Waals surface area contributed by atoms with Crippen molar-refractivity contribution in [3.05, 3.63) is 57.3 Å². The van der Waals surface area contributed by atoms with Gasteiger partial charge in [-0.15, -0.1) is 0 Å². The van der Waals surface area contributed by atoms with Crippen molar-refractivity contribution in [2.75, 3.05) is 7.11 Å². The monoisotopic (exact) mass is 370 g/mol. The van der Waals surface area contributed by atoms with Crippen LogP contribution in [0.5, 0.6) is 11.6 Å². The Hall–Kier alpha value is -3.50. The summed E-state index contributed by atoms with van der Waals surface area (Å²) in [7, 11) is 0.987. The number of nitrogens with zero attached hydrogens (tertiary/aromatic N) is 2. The van der Waals surface area contributed by atoms with E-state index in [1.807, 2.05) is 0 Å². The highest BCUT2D eigenvalue weighted by atomic mass is 19.4. The Labute approximate surface area is 143 Å². The minimum Gasteiger partial charge on any atom is -0.465 e. The summed E-state index contributed by atoms with van der Waals surface area (Å²) < 4.78 is 48.7. The van der Waals surface area contributed by atoms with Crippen LogP contribution in [0.3, 0.4) is 0 Å². The topological polar surface area (TPSA) is 109 Å². The van der Waals surface area contributed by atoms with E-state index >= 15 is 0 Å². The smallest absolute Gasteiger partial charge is 0.421 e. The molecule has 136 valence electrons. The summed E-state index contributed by atoms with van der Waals surface area (Å²) in [5.41, 5.74) is -2.75. The molecular weight excluding hydrogens is 361 g/mol. The van der Waals surface area contributed by atoms with E-state index < -0.39 is 39.8 Å². The summed E-state index contributed by atoms with van der Waals surface area (Å²) in [6, 6.07) is 3.29. The van der Waals surface area contributed by atoms with Gasteiger partial charge in [-0.2, -0.15) is 13.2 Å². The third kappa shape index (κ3) is 3.94. The number of benzene rings is 1. The van der Waals surface area contributed by atoms with Gasteiger partial charge in [0.05, 0.1) is 12.0 Å². The molecule has 1 aromatic heterocycles. The van der Waals surface area contributed by atoms with Crippen LogP contribution < -0.4 is 4.74 Å². The summed E-state index contributed by atoms with van der Waals surface area (Å²) in [5, 5.41) is 10.9. The maximum atomic E-state index is 13.1. The quantitative estimate of drug-likeness (QED) is 0.343. The number of carbonyl (C=O) groups is 2. The van der Waals surface area contributed by atoms with Gasteiger partial charge in [-0.3, -0.25) is 14.9 Å². The number of aldehydes is 1. The van der Waals surface area contributed by atoms with Crippen molar-refractivity contribution >= 4 is 17.9 Å². The number of esters is 1. The van der Waals surface area contributed by atoms with Crippen LogP contribution in [0, 0.1) is 10.1 Å². The van der Waals surface area contributed by atoms with Crippen LogP contribution >= 0.6 is 0 Å². The Balaban J connectivity index is 2.50. The van der Waals surface area contributed by atoms with Gasteiger partial charge < -0.3 is 9.47 Å². The number of hydrogen-bond acceptors (Lipinski definition) is 7. The molecule has 0 fully saturated rings. The lowest BCUT2D eigenvalue weighted by molar-refractivity contribution is -0.385. The first-order valence-electron chi connectivity index (χ1n) is 6.74. The van der Waals surface area contributed by atoms with Crippen molar-refractivity contribution in [2.24, 2.45) is 0 Å². The molecule has 0 unspecified atom stereocenters. The molecule has 0 aliphatic heterocycles. The van der Waals surface area contributed by atoms with Crippen LogP contribution in [0.25, 0.3) is 0 Å². The fourth-order valence-corrected chi connectivity index (χ4v) is 1.94. The molecule has 0 bridgehead atoms. The lowest BCUT2D eigenvalue weighted by Crippen LogP contribution is -2.10. The normalized spacial score (nSPS) is 10.9. The number of aromatic nitrogens is 1. The van der Waals surface area contributed by atoms with E-state index in [2.05, 4.69) is 9.72 Å². The Morgan fingerprint density at radius 1 is 1.31 bits per heavy atom. The number of halogens is 3. The molecular formula is C15H9F3N2O6. The summed E-state index contributed by atoms with van der Waals surface area (Å²) in [5.74, 6) is -2.26. The van der Waals surface area contributed by atoms with Crippen molar-refractivity contribution in [2.45, 2.75) is 6.18 Å². The third-order valence-electron chi connectivity index (χ3n) is 3.10. The van der Waals surface area contributed by atoms with E-state index in [0.717, 1.165) is 31.5 Å². The van der Waals surface area contributed by atoms with Crippen LogP contribution in [-0.4, -0.2) is 29.3 Å². The number of ether oxygens (including phenoxy) is 2. The fraction of sp³-hybridized carbons (Fsp3) is 0.133. The van der Waals surface area contributed by atoms with E-state index in [1.54, 1.807) is 0 Å². The molecule has 0 radical (unpaired) electrons. The molecule has 11 heteroatoms. The molecule has 0 aliphatic carbocycles. The van der Waals surface area contributed by atoms with E-state index in [1.165, 1.54) is 0 Å². The second-order valence-electron chi connectivity index (χ2n) is 4.77. The minimum absolute atomic E-state index is 0.188. The zero-order valence-corrected chi connectivity index (χ0v) is 12.9. The number of nitro groups is 1. The predicted molar refractivity (Wildman–Crippen MR) is 79.1 cm³/mol. The first-order valence-corrected chi connectivity index (χ1v) is 6.74. The first kappa shape index (κ1) is 18.8. The number of alkyl halides is 3. The standard InChI is InChI=1S/C15H9F3N2O6/c1-25-14(22)10-5-9(2-3-12(10)20(23)24)26-13-11(15(16,17)18)4-8(7-21)6-19-13/h2-7H,1H3. The summed E-state index contributed by atoms with van der Waals surface area (Å²) in [6.07, 6.45) is -3.81. The van der Waals surface area contributed by atoms with E-state index in [0.29, 0.717) is 6.07 Å². The highest BCUT2D eigenvalue weighted by Crippen LogP contribution is 2.37. The zero-order valence-electron chi connectivity index (χ0n) is 12.9. The first-order chi connectivity index (χ1) is 12.2. The van der Waals surface area contributed by atoms with Crippen molar-refractivity contribution in [3.8, 4) is 11.6 Å². The van der Waals surface area contributed by atoms with Gasteiger partial charge in [0, 0.05) is 23.9 Å². The van der Waals surface area contributed by atoms with Gasteiger partial charge in [-0.05, 0) is 12.1 Å². The molecule has 8 nitrogen and oxygen atoms in total. The summed E-state index contributed by atoms with van der Waals surface area (Å²) in [4.78, 5) is 35.8. The SMILES string of the molecule is COC(=O)c1cc(Oc2ncc(C=O)cc2C(F)(F)F)ccc1[N+](=O)[O-]. The Morgan fingerprint density at radius 2 is 2.00 bits per heavy atom. The highest BCUT2D eigenvalue weighted by Gasteiger charge is 2.36. The molecule has 0 N–H and O–H groups in total. The van der Waals surface area contributed by atoms with Gasteiger partial charge in [0.15, 0.2) is 6.29 Å². The van der Waals surface area contributed by atoms with Crippen molar-refractivity contribution in [1.29, 1.82) is 0 Å². The van der Waals surface area contributed by atoms with Gasteiger partial charge in [0.1, 0.15) is 16.9 Å². The highest BCUT2D eigenvalue weighted by molar-refractivity contribution is 5.94. The molecule has 26 heavy (non-hydrogen) atoms. The molecule has 0 saturated heterocycles. The van der Waals surface area contributed by atoms with Crippen molar-refractivity contribution < 1.29 is 37.2 Å². The molecule has 0 atom stereocenters. The van der Waals surface area contributed by atoms with Crippen molar-refractivity contribution in [1.82, 2.24) is 4.98 Å². The second-order valence-corrected chi connectivity index (χ2v) is 4.77. The fourth-order valence-electron chi connectivity index (χ4n) is 1.94. The molecule has 2 aromatic rings. The van der Waals surface area contributed by atoms with Crippen LogP contribution in [0.2, 0.25) is 0 Å². The number of carbonyl (C=O) groups excluding carboxylic acids is 2. The predicted octanol–water partition coefficient (Wildman–Crippen LogP) is 3.40. The zero-order chi connectivity index (χ0) is 19.5. The van der Waals surface area contributed by atoms with E-state index in [-0.39, 0.29) is 17.6 Å². The summed E-state index contributed by atoms with van der Waals surface area (Å²) in [6.45, 7) is 0. The molecule has 0 spiro atoms. The average Bonchev–Trinajstić information content (AvgIpc) is 2.60. The summed E-state index contributed by atoms with van der Waals surface area (Å²) >= 11 is 0. The maximum absolute atomic E-state index is 13.1. The van der Waals surface area contributed by atoms with Crippen LogP contribution in [0.15, 0.2) is 30.5 Å². The number of rotatable bonds is 5. The lowest BCUT2D eigenvalue weighted by Gasteiger charge is -2.13. The maximum Gasteiger partial charge on any atom is 0.421 e. The van der Waals surface area contributed by atoms with Gasteiger partial charge in [-0.25, -0.2) is 9.78 Å². The largest absolute Gasteiger partial charge is 0.465 e. The third-order valence-corrected chi connectivity index (χ3v) is 3.10. The van der Waals surface area contributed by atoms with E-state index in [4.69, 9.17) is 4.74 Å². The second kappa shape index (κ2) is 7.17. The van der Waals surface area contributed by atoms with Crippen molar-refractivity contribution in [3.63, 3.8) is 0 Å².